The number of carbonyl (C=O) groups is 1. The molecule has 2 aromatic carbocycles. The van der Waals surface area contributed by atoms with Gasteiger partial charge in [0.2, 0.25) is 0 Å². The van der Waals surface area contributed by atoms with Gasteiger partial charge in [0, 0.05) is 24.1 Å². The first kappa shape index (κ1) is 17.7. The predicted molar refractivity (Wildman–Crippen MR) is 102 cm³/mol. The molecule has 1 fully saturated rings. The molecule has 2 aromatic rings. The average molecular weight is 337 g/mol. The van der Waals surface area contributed by atoms with Gasteiger partial charge in [0.15, 0.2) is 5.54 Å². The second-order valence-corrected chi connectivity index (χ2v) is 7.33. The Labute approximate surface area is 150 Å². The zero-order chi connectivity index (χ0) is 17.7. The quantitative estimate of drug-likeness (QED) is 0.858. The van der Waals surface area contributed by atoms with Crippen molar-refractivity contribution in [2.75, 3.05) is 5.32 Å². The fraction of sp³-hybridized carbons (Fsp3) is 0.409. The molecule has 0 atom stereocenters. The monoisotopic (exact) mass is 337 g/mol. The van der Waals surface area contributed by atoms with Crippen LogP contribution in [0.3, 0.4) is 0 Å². The third-order valence-electron chi connectivity index (χ3n) is 5.49. The van der Waals surface area contributed by atoms with E-state index >= 15 is 0 Å². The lowest BCUT2D eigenvalue weighted by Crippen LogP contribution is -2.98. The minimum atomic E-state index is -0.344. The third-order valence-corrected chi connectivity index (χ3v) is 5.49. The normalized spacial score (nSPS) is 16.4. The lowest BCUT2D eigenvalue weighted by molar-refractivity contribution is -0.729. The minimum Gasteiger partial charge on any atom is -0.330 e. The van der Waals surface area contributed by atoms with E-state index in [4.69, 9.17) is 0 Å². The van der Waals surface area contributed by atoms with Crippen molar-refractivity contribution in [3.63, 3.8) is 0 Å². The van der Waals surface area contributed by atoms with Crippen LogP contribution in [0.4, 0.5) is 5.69 Å². The molecule has 3 N–H and O–H groups in total. The molecule has 1 aliphatic carbocycles. The summed E-state index contributed by atoms with van der Waals surface area (Å²) in [4.78, 5) is 13.3. The zero-order valence-electron chi connectivity index (χ0n) is 15.3. The van der Waals surface area contributed by atoms with Gasteiger partial charge in [-0.3, -0.25) is 4.79 Å². The van der Waals surface area contributed by atoms with Crippen LogP contribution in [0.15, 0.2) is 48.5 Å². The molecule has 0 unspecified atom stereocenters. The van der Waals surface area contributed by atoms with Gasteiger partial charge in [0.25, 0.3) is 5.91 Å². The maximum absolute atomic E-state index is 13.3. The van der Waals surface area contributed by atoms with Crippen LogP contribution in [0.1, 0.15) is 48.8 Å². The molecule has 132 valence electrons. The molecule has 0 heterocycles. The Bertz CT molecular complexity index is 698. The molecular formula is C22H29N2O+. The van der Waals surface area contributed by atoms with Crippen LogP contribution in [0.25, 0.3) is 0 Å². The van der Waals surface area contributed by atoms with Gasteiger partial charge < -0.3 is 10.6 Å². The topological polar surface area (TPSA) is 45.7 Å². The summed E-state index contributed by atoms with van der Waals surface area (Å²) >= 11 is 0. The molecule has 0 radical (unpaired) electrons. The van der Waals surface area contributed by atoms with E-state index in [2.05, 4.69) is 60.9 Å². The highest BCUT2D eigenvalue weighted by Gasteiger charge is 2.43. The summed E-state index contributed by atoms with van der Waals surface area (Å²) in [7, 11) is 0. The van der Waals surface area contributed by atoms with Gasteiger partial charge in [0.1, 0.15) is 6.54 Å². The van der Waals surface area contributed by atoms with E-state index in [1.165, 1.54) is 12.0 Å². The lowest BCUT2D eigenvalue weighted by Gasteiger charge is -2.34. The fourth-order valence-electron chi connectivity index (χ4n) is 3.88. The SMILES string of the molecule is Cc1cccc(C)c1NC(=O)C1([NH2+]Cc2ccccc2)CCCCC1. The first-order valence-corrected chi connectivity index (χ1v) is 9.37. The molecule has 3 heteroatoms. The number of hydrogen-bond acceptors (Lipinski definition) is 1. The summed E-state index contributed by atoms with van der Waals surface area (Å²) in [5, 5.41) is 5.52. The van der Waals surface area contributed by atoms with E-state index in [9.17, 15) is 4.79 Å². The molecule has 25 heavy (non-hydrogen) atoms. The van der Waals surface area contributed by atoms with Crippen molar-refractivity contribution in [3.8, 4) is 0 Å². The number of nitrogens with two attached hydrogens (primary N) is 1. The first-order valence-electron chi connectivity index (χ1n) is 9.37. The maximum Gasteiger partial charge on any atom is 0.285 e. The summed E-state index contributed by atoms with van der Waals surface area (Å²) in [6, 6.07) is 16.6. The van der Waals surface area contributed by atoms with Crippen LogP contribution >= 0.6 is 0 Å². The van der Waals surface area contributed by atoms with Gasteiger partial charge in [0.05, 0.1) is 0 Å². The van der Waals surface area contributed by atoms with Crippen LogP contribution in [-0.2, 0) is 11.3 Å². The smallest absolute Gasteiger partial charge is 0.285 e. The molecule has 1 saturated carbocycles. The Kier molecular flexibility index (Phi) is 5.54. The lowest BCUT2D eigenvalue weighted by atomic mass is 9.80. The molecule has 0 bridgehead atoms. The van der Waals surface area contributed by atoms with E-state index in [1.54, 1.807) is 0 Å². The maximum atomic E-state index is 13.3. The van der Waals surface area contributed by atoms with Crippen LogP contribution in [0, 0.1) is 13.8 Å². The summed E-state index contributed by atoms with van der Waals surface area (Å²) in [6.45, 7) is 4.97. The van der Waals surface area contributed by atoms with Crippen LogP contribution in [-0.4, -0.2) is 11.4 Å². The number of anilines is 1. The number of para-hydroxylation sites is 1. The van der Waals surface area contributed by atoms with Gasteiger partial charge in [-0.2, -0.15) is 0 Å². The highest BCUT2D eigenvalue weighted by Crippen LogP contribution is 2.28. The number of aryl methyl sites for hydroxylation is 2. The van der Waals surface area contributed by atoms with Crippen molar-refractivity contribution in [2.45, 2.75) is 58.0 Å². The fourth-order valence-corrected chi connectivity index (χ4v) is 3.88. The number of amides is 1. The van der Waals surface area contributed by atoms with Crippen molar-refractivity contribution in [2.24, 2.45) is 0 Å². The van der Waals surface area contributed by atoms with E-state index in [0.717, 1.165) is 49.0 Å². The van der Waals surface area contributed by atoms with Gasteiger partial charge in [-0.1, -0.05) is 55.0 Å². The van der Waals surface area contributed by atoms with Crippen molar-refractivity contribution < 1.29 is 10.1 Å². The summed E-state index contributed by atoms with van der Waals surface area (Å²) in [5.74, 6) is 0.167. The number of nitrogens with one attached hydrogen (secondary N) is 1. The van der Waals surface area contributed by atoms with Crippen LogP contribution < -0.4 is 10.6 Å². The summed E-state index contributed by atoms with van der Waals surface area (Å²) in [6.07, 6.45) is 5.40. The Morgan fingerprint density at radius 1 is 0.960 bits per heavy atom. The van der Waals surface area contributed by atoms with Crippen molar-refractivity contribution in [1.29, 1.82) is 0 Å². The molecule has 1 aliphatic rings. The molecule has 1 amide bonds. The second-order valence-electron chi connectivity index (χ2n) is 7.33. The third kappa shape index (κ3) is 4.10. The largest absolute Gasteiger partial charge is 0.330 e. The molecule has 0 saturated heterocycles. The Hall–Kier alpha value is -2.13. The van der Waals surface area contributed by atoms with Gasteiger partial charge >= 0.3 is 0 Å². The van der Waals surface area contributed by atoms with Crippen LogP contribution in [0.5, 0.6) is 0 Å². The molecule has 3 rings (SSSR count). The highest BCUT2D eigenvalue weighted by molar-refractivity contribution is 5.98. The Balaban J connectivity index is 1.78. The van der Waals surface area contributed by atoms with E-state index in [0.29, 0.717) is 0 Å². The molecule has 0 aliphatic heterocycles. The summed E-state index contributed by atoms with van der Waals surface area (Å²) < 4.78 is 0. The number of rotatable bonds is 5. The molecule has 3 nitrogen and oxygen atoms in total. The minimum absolute atomic E-state index is 0.167. The highest BCUT2D eigenvalue weighted by atomic mass is 16.2. The Morgan fingerprint density at radius 2 is 1.60 bits per heavy atom. The average Bonchev–Trinajstić information content (AvgIpc) is 2.64. The number of quaternary nitrogens is 1. The van der Waals surface area contributed by atoms with Crippen molar-refractivity contribution in [3.05, 3.63) is 65.2 Å². The molecular weight excluding hydrogens is 308 g/mol. The summed E-state index contributed by atoms with van der Waals surface area (Å²) in [5.41, 5.74) is 4.16. The van der Waals surface area contributed by atoms with Gasteiger partial charge in [-0.05, 0) is 37.8 Å². The van der Waals surface area contributed by atoms with E-state index in [1.807, 2.05) is 12.1 Å². The first-order chi connectivity index (χ1) is 12.1. The molecule has 0 aromatic heterocycles. The molecule has 0 spiro atoms. The number of benzene rings is 2. The van der Waals surface area contributed by atoms with Crippen molar-refractivity contribution >= 4 is 11.6 Å². The van der Waals surface area contributed by atoms with Crippen molar-refractivity contribution in [1.82, 2.24) is 0 Å². The van der Waals surface area contributed by atoms with Crippen LogP contribution in [0.2, 0.25) is 0 Å². The number of hydrogen-bond donors (Lipinski definition) is 2. The predicted octanol–water partition coefficient (Wildman–Crippen LogP) is 3.71. The number of carbonyl (C=O) groups excluding carboxylic acids is 1. The van der Waals surface area contributed by atoms with Gasteiger partial charge in [-0.25, -0.2) is 0 Å². The van der Waals surface area contributed by atoms with E-state index < -0.39 is 0 Å². The van der Waals surface area contributed by atoms with E-state index in [-0.39, 0.29) is 11.4 Å². The standard InChI is InChI=1S/C22H28N2O/c1-17-10-9-11-18(2)20(17)24-21(25)22(14-7-4-8-15-22)23-16-19-12-5-3-6-13-19/h3,5-6,9-13,23H,4,7-8,14-16H2,1-2H3,(H,24,25)/p+1. The second kappa shape index (κ2) is 7.83. The Morgan fingerprint density at radius 3 is 2.24 bits per heavy atom. The van der Waals surface area contributed by atoms with Gasteiger partial charge in [-0.15, -0.1) is 0 Å². The zero-order valence-corrected chi connectivity index (χ0v) is 15.3.